The van der Waals surface area contributed by atoms with Gasteiger partial charge in [-0.05, 0) is 55.3 Å². The van der Waals surface area contributed by atoms with Crippen LogP contribution < -0.4 is 9.57 Å². The molecule has 1 aromatic heterocycles. The van der Waals surface area contributed by atoms with E-state index in [-0.39, 0.29) is 18.1 Å². The van der Waals surface area contributed by atoms with E-state index in [1.54, 1.807) is 18.6 Å². The van der Waals surface area contributed by atoms with E-state index in [9.17, 15) is 14.0 Å². The second-order valence-corrected chi connectivity index (χ2v) is 7.58. The molecular weight excluding hydrogens is 415 g/mol. The lowest BCUT2D eigenvalue weighted by molar-refractivity contribution is -0.136. The lowest BCUT2D eigenvalue weighted by Gasteiger charge is -2.19. The van der Waals surface area contributed by atoms with E-state index in [0.717, 1.165) is 16.5 Å². The standard InChI is InChI=1S/C24H21FN2O5/c1-3-30-24(29)18-13-26(23(28)15-7-9-16(25)10-8-15)12-11-17-21-19-5-4-6-20(21)31-14(2)32-27(19)22(17)18/h4-10,13-14H,3,11-12H2,1-2H3. The van der Waals surface area contributed by atoms with Gasteiger partial charge in [-0.3, -0.25) is 4.79 Å². The highest BCUT2D eigenvalue weighted by atomic mass is 19.1. The van der Waals surface area contributed by atoms with Crippen molar-refractivity contribution in [3.8, 4) is 5.75 Å². The van der Waals surface area contributed by atoms with Crippen LogP contribution in [0.1, 0.15) is 35.5 Å². The molecule has 8 heteroatoms. The third-order valence-electron chi connectivity index (χ3n) is 5.55. The Morgan fingerprint density at radius 3 is 2.72 bits per heavy atom. The number of hydrogen-bond donors (Lipinski definition) is 0. The molecule has 164 valence electrons. The minimum atomic E-state index is -0.577. The van der Waals surface area contributed by atoms with E-state index >= 15 is 0 Å². The molecule has 2 aliphatic rings. The molecule has 2 aliphatic heterocycles. The van der Waals surface area contributed by atoms with Crippen molar-refractivity contribution in [1.82, 2.24) is 9.63 Å². The molecule has 1 amide bonds. The summed E-state index contributed by atoms with van der Waals surface area (Å²) < 4.78 is 26.2. The Hall–Kier alpha value is -3.81. The maximum absolute atomic E-state index is 13.3. The molecule has 3 heterocycles. The molecule has 2 aromatic carbocycles. The number of rotatable bonds is 3. The molecule has 0 spiro atoms. The zero-order valence-corrected chi connectivity index (χ0v) is 17.6. The molecule has 0 saturated heterocycles. The van der Waals surface area contributed by atoms with Gasteiger partial charge in [0.25, 0.3) is 12.2 Å². The van der Waals surface area contributed by atoms with Crippen molar-refractivity contribution in [2.24, 2.45) is 0 Å². The first-order chi connectivity index (χ1) is 15.5. The third-order valence-corrected chi connectivity index (χ3v) is 5.55. The minimum absolute atomic E-state index is 0.184. The number of carbonyl (C=O) groups is 2. The Bertz CT molecular complexity index is 1260. The predicted molar refractivity (Wildman–Crippen MR) is 114 cm³/mol. The summed E-state index contributed by atoms with van der Waals surface area (Å²) >= 11 is 0. The number of carbonyl (C=O) groups excluding carboxylic acids is 2. The first-order valence-corrected chi connectivity index (χ1v) is 10.4. The van der Waals surface area contributed by atoms with Crippen LogP contribution in [-0.4, -0.2) is 40.9 Å². The van der Waals surface area contributed by atoms with Crippen molar-refractivity contribution in [2.45, 2.75) is 26.6 Å². The summed E-state index contributed by atoms with van der Waals surface area (Å²) in [6.07, 6.45) is 1.39. The van der Waals surface area contributed by atoms with Gasteiger partial charge in [-0.1, -0.05) is 6.07 Å². The summed E-state index contributed by atoms with van der Waals surface area (Å²) in [5.41, 5.74) is 2.71. The van der Waals surface area contributed by atoms with Gasteiger partial charge in [0.1, 0.15) is 22.8 Å². The maximum Gasteiger partial charge on any atom is 0.341 e. The number of amides is 1. The summed E-state index contributed by atoms with van der Waals surface area (Å²) in [4.78, 5) is 33.6. The van der Waals surface area contributed by atoms with Crippen LogP contribution in [0, 0.1) is 5.82 Å². The molecule has 5 rings (SSSR count). The van der Waals surface area contributed by atoms with Crippen LogP contribution in [0.5, 0.6) is 5.75 Å². The number of esters is 1. The molecule has 7 nitrogen and oxygen atoms in total. The maximum atomic E-state index is 13.3. The van der Waals surface area contributed by atoms with Crippen LogP contribution in [0.25, 0.3) is 16.5 Å². The fourth-order valence-electron chi connectivity index (χ4n) is 4.22. The fourth-order valence-corrected chi connectivity index (χ4v) is 4.22. The van der Waals surface area contributed by atoms with Gasteiger partial charge >= 0.3 is 5.97 Å². The third kappa shape index (κ3) is 3.19. The Morgan fingerprint density at radius 2 is 1.97 bits per heavy atom. The van der Waals surface area contributed by atoms with E-state index in [0.29, 0.717) is 30.0 Å². The summed E-state index contributed by atoms with van der Waals surface area (Å²) in [6, 6.07) is 10.9. The summed E-state index contributed by atoms with van der Waals surface area (Å²) in [7, 11) is 0. The smallest absolute Gasteiger partial charge is 0.341 e. The molecule has 1 atom stereocenters. The van der Waals surface area contributed by atoms with Gasteiger partial charge in [0.2, 0.25) is 0 Å². The molecule has 0 saturated carbocycles. The van der Waals surface area contributed by atoms with Crippen LogP contribution >= 0.6 is 0 Å². The summed E-state index contributed by atoms with van der Waals surface area (Å²) in [5, 5.41) is 0.845. The van der Waals surface area contributed by atoms with Crippen molar-refractivity contribution in [3.05, 3.63) is 71.3 Å². The van der Waals surface area contributed by atoms with E-state index < -0.39 is 18.1 Å². The van der Waals surface area contributed by atoms with E-state index in [1.165, 1.54) is 35.4 Å². The molecule has 0 N–H and O–H groups in total. The number of halogens is 1. The fraction of sp³-hybridized carbons (Fsp3) is 0.250. The van der Waals surface area contributed by atoms with Crippen molar-refractivity contribution in [1.29, 1.82) is 0 Å². The number of nitrogens with zero attached hydrogens (tertiary/aromatic N) is 2. The quantitative estimate of drug-likeness (QED) is 0.588. The molecular formula is C24H21FN2O5. The predicted octanol–water partition coefficient (Wildman–Crippen LogP) is 3.55. The van der Waals surface area contributed by atoms with Gasteiger partial charge in [-0.25, -0.2) is 9.18 Å². The van der Waals surface area contributed by atoms with Crippen LogP contribution in [0.2, 0.25) is 0 Å². The second kappa shape index (κ2) is 7.71. The van der Waals surface area contributed by atoms with Gasteiger partial charge in [0, 0.05) is 30.6 Å². The van der Waals surface area contributed by atoms with Crippen LogP contribution in [0.15, 0.2) is 48.7 Å². The van der Waals surface area contributed by atoms with Crippen LogP contribution in [0.4, 0.5) is 4.39 Å². The monoisotopic (exact) mass is 436 g/mol. The van der Waals surface area contributed by atoms with E-state index in [2.05, 4.69) is 0 Å². The van der Waals surface area contributed by atoms with Crippen molar-refractivity contribution < 1.29 is 28.3 Å². The molecule has 0 radical (unpaired) electrons. The summed E-state index contributed by atoms with van der Waals surface area (Å²) in [6.45, 7) is 3.99. The number of aromatic nitrogens is 1. The number of benzene rings is 2. The molecule has 4 bridgehead atoms. The largest absolute Gasteiger partial charge is 0.462 e. The number of ether oxygens (including phenoxy) is 2. The van der Waals surface area contributed by atoms with Crippen LogP contribution in [-0.2, 0) is 16.0 Å². The topological polar surface area (TPSA) is 70.0 Å². The summed E-state index contributed by atoms with van der Waals surface area (Å²) in [5.74, 6) is -0.668. The Morgan fingerprint density at radius 1 is 1.19 bits per heavy atom. The Kier molecular flexibility index (Phi) is 4.84. The highest BCUT2D eigenvalue weighted by Gasteiger charge is 2.34. The van der Waals surface area contributed by atoms with Crippen molar-refractivity contribution >= 4 is 28.4 Å². The molecule has 0 aliphatic carbocycles. The number of fused-ring (bicyclic) bond motifs is 2. The van der Waals surface area contributed by atoms with Gasteiger partial charge < -0.3 is 19.2 Å². The Labute approximate surface area is 183 Å². The molecule has 1 unspecified atom stereocenters. The van der Waals surface area contributed by atoms with Crippen molar-refractivity contribution in [2.75, 3.05) is 13.2 Å². The number of hydrogen-bond acceptors (Lipinski definition) is 5. The van der Waals surface area contributed by atoms with Crippen LogP contribution in [0.3, 0.4) is 0 Å². The highest BCUT2D eigenvalue weighted by Crippen LogP contribution is 2.40. The lowest BCUT2D eigenvalue weighted by Crippen LogP contribution is -2.29. The van der Waals surface area contributed by atoms with E-state index in [1.807, 2.05) is 18.2 Å². The average Bonchev–Trinajstić information content (AvgIpc) is 2.89. The lowest BCUT2D eigenvalue weighted by atomic mass is 10.0. The first kappa shape index (κ1) is 20.1. The first-order valence-electron chi connectivity index (χ1n) is 10.4. The Balaban J connectivity index is 1.68. The average molecular weight is 436 g/mol. The molecule has 3 aromatic rings. The van der Waals surface area contributed by atoms with Crippen molar-refractivity contribution in [3.63, 3.8) is 0 Å². The molecule has 0 fully saturated rings. The zero-order chi connectivity index (χ0) is 22.4. The SMILES string of the molecule is CCOC(=O)C1=CN(C(=O)c2ccc(F)cc2)CCc2c1n1c3cccc(c23)OC(C)O1. The molecule has 32 heavy (non-hydrogen) atoms. The zero-order valence-electron chi connectivity index (χ0n) is 17.6. The highest BCUT2D eigenvalue weighted by molar-refractivity contribution is 6.18. The van der Waals surface area contributed by atoms with Gasteiger partial charge in [-0.2, -0.15) is 4.73 Å². The normalized spacial score (nSPS) is 17.0. The second-order valence-electron chi connectivity index (χ2n) is 7.58. The van der Waals surface area contributed by atoms with Gasteiger partial charge in [-0.15, -0.1) is 0 Å². The minimum Gasteiger partial charge on any atom is -0.462 e. The van der Waals surface area contributed by atoms with Gasteiger partial charge in [0.05, 0.1) is 12.1 Å². The van der Waals surface area contributed by atoms with Gasteiger partial charge in [0.15, 0.2) is 0 Å². The van der Waals surface area contributed by atoms with E-state index in [4.69, 9.17) is 14.3 Å².